The van der Waals surface area contributed by atoms with Crippen molar-refractivity contribution in [1.29, 1.82) is 0 Å². The summed E-state index contributed by atoms with van der Waals surface area (Å²) in [6.45, 7) is -0.946. The first-order chi connectivity index (χ1) is 17.2. The number of nitrogens with zero attached hydrogens (tertiary/aromatic N) is 1. The number of halogens is 5. The summed E-state index contributed by atoms with van der Waals surface area (Å²) in [7, 11) is 1.65. The third-order valence-corrected chi connectivity index (χ3v) is 5.82. The van der Waals surface area contributed by atoms with Crippen molar-refractivity contribution in [3.8, 4) is 17.0 Å². The van der Waals surface area contributed by atoms with E-state index in [-0.39, 0.29) is 5.82 Å². The van der Waals surface area contributed by atoms with E-state index in [1.807, 2.05) is 30.3 Å². The smallest absolute Gasteiger partial charge is 0.422 e. The average molecular weight is 501 g/mol. The van der Waals surface area contributed by atoms with Crippen LogP contribution in [0.4, 0.5) is 22.0 Å². The molecular weight excluding hydrogens is 477 g/mol. The molecule has 0 fully saturated rings. The van der Waals surface area contributed by atoms with Gasteiger partial charge in [0.25, 0.3) is 0 Å². The quantitative estimate of drug-likeness (QED) is 0.229. The normalized spacial score (nSPS) is 11.7. The van der Waals surface area contributed by atoms with Crippen molar-refractivity contribution >= 4 is 10.8 Å². The Morgan fingerprint density at radius 2 is 1.64 bits per heavy atom. The van der Waals surface area contributed by atoms with Crippen molar-refractivity contribution < 1.29 is 31.4 Å². The standard InChI is InChI=1S/C28H24F5NO2/c1-35-13-12-19-3-10-25(34-16-19)22-8-9-23-21(15-22)7-6-20(27(23)30)5-2-18-4-11-26(24(29)14-18)36-17-28(31,32)33/h3-4,6-11,14-16H,2,5,12-13,17H2,1H3. The minimum atomic E-state index is -4.55. The number of ether oxygens (including phenoxy) is 2. The number of benzene rings is 3. The number of hydrogen-bond donors (Lipinski definition) is 0. The molecule has 1 aromatic heterocycles. The number of alkyl halides is 3. The molecule has 0 amide bonds. The van der Waals surface area contributed by atoms with Gasteiger partial charge in [0.2, 0.25) is 0 Å². The molecule has 1 heterocycles. The molecule has 0 bridgehead atoms. The highest BCUT2D eigenvalue weighted by atomic mass is 19.4. The Morgan fingerprint density at radius 3 is 2.33 bits per heavy atom. The van der Waals surface area contributed by atoms with Crippen LogP contribution in [0.2, 0.25) is 0 Å². The maximum atomic E-state index is 15.2. The topological polar surface area (TPSA) is 31.4 Å². The molecule has 0 radical (unpaired) electrons. The first-order valence-corrected chi connectivity index (χ1v) is 11.4. The summed E-state index contributed by atoms with van der Waals surface area (Å²) in [4.78, 5) is 4.50. The molecule has 3 nitrogen and oxygen atoms in total. The molecule has 36 heavy (non-hydrogen) atoms. The number of pyridine rings is 1. The molecule has 0 unspecified atom stereocenters. The Labute approximate surface area is 205 Å². The molecule has 0 aliphatic heterocycles. The largest absolute Gasteiger partial charge is 0.481 e. The van der Waals surface area contributed by atoms with E-state index in [0.717, 1.165) is 40.8 Å². The molecule has 3 aromatic carbocycles. The summed E-state index contributed by atoms with van der Waals surface area (Å²) in [5, 5.41) is 1.20. The van der Waals surface area contributed by atoms with Crippen molar-refractivity contribution in [2.75, 3.05) is 20.3 Å². The van der Waals surface area contributed by atoms with E-state index in [2.05, 4.69) is 9.72 Å². The van der Waals surface area contributed by atoms with Gasteiger partial charge in [-0.3, -0.25) is 4.98 Å². The fourth-order valence-electron chi connectivity index (χ4n) is 3.91. The third kappa shape index (κ3) is 6.37. The van der Waals surface area contributed by atoms with Crippen molar-refractivity contribution in [1.82, 2.24) is 4.98 Å². The Balaban J connectivity index is 1.45. The Morgan fingerprint density at radius 1 is 0.833 bits per heavy atom. The summed E-state index contributed by atoms with van der Waals surface area (Å²) in [6, 6.07) is 16.6. The highest BCUT2D eigenvalue weighted by Crippen LogP contribution is 2.28. The van der Waals surface area contributed by atoms with Gasteiger partial charge >= 0.3 is 6.18 Å². The summed E-state index contributed by atoms with van der Waals surface area (Å²) in [5.41, 5.74) is 3.72. The zero-order chi connectivity index (χ0) is 25.7. The minimum absolute atomic E-state index is 0.302. The van der Waals surface area contributed by atoms with Gasteiger partial charge in [-0.25, -0.2) is 8.78 Å². The van der Waals surface area contributed by atoms with E-state index in [1.165, 1.54) is 6.07 Å². The third-order valence-electron chi connectivity index (χ3n) is 5.82. The van der Waals surface area contributed by atoms with Crippen LogP contribution in [-0.2, 0) is 24.0 Å². The zero-order valence-electron chi connectivity index (χ0n) is 19.5. The van der Waals surface area contributed by atoms with Gasteiger partial charge in [0.1, 0.15) is 5.82 Å². The molecule has 8 heteroatoms. The lowest BCUT2D eigenvalue weighted by Gasteiger charge is -2.11. The highest BCUT2D eigenvalue weighted by molar-refractivity contribution is 5.88. The molecule has 0 aliphatic rings. The summed E-state index contributed by atoms with van der Waals surface area (Å²) in [5.74, 6) is -1.71. The van der Waals surface area contributed by atoms with Crippen LogP contribution in [0.25, 0.3) is 22.0 Å². The molecule has 4 aromatic rings. The molecule has 188 valence electrons. The van der Waals surface area contributed by atoms with Gasteiger partial charge in [0.05, 0.1) is 12.3 Å². The van der Waals surface area contributed by atoms with E-state index in [0.29, 0.717) is 36.0 Å². The van der Waals surface area contributed by atoms with Crippen LogP contribution in [0.5, 0.6) is 5.75 Å². The number of rotatable bonds is 9. The van der Waals surface area contributed by atoms with Gasteiger partial charge in [-0.1, -0.05) is 36.4 Å². The molecule has 0 spiro atoms. The van der Waals surface area contributed by atoms with Gasteiger partial charge in [-0.2, -0.15) is 13.2 Å². The van der Waals surface area contributed by atoms with E-state index >= 15 is 4.39 Å². The molecule has 0 atom stereocenters. The summed E-state index contributed by atoms with van der Waals surface area (Å²) >= 11 is 0. The second-order valence-corrected chi connectivity index (χ2v) is 8.44. The van der Waals surface area contributed by atoms with Gasteiger partial charge < -0.3 is 9.47 Å². The molecule has 0 saturated carbocycles. The van der Waals surface area contributed by atoms with Crippen LogP contribution in [0.15, 0.2) is 66.9 Å². The fraction of sp³-hybridized carbons (Fsp3) is 0.250. The molecule has 4 rings (SSSR count). The fourth-order valence-corrected chi connectivity index (χ4v) is 3.91. The second kappa shape index (κ2) is 11.0. The first-order valence-electron chi connectivity index (χ1n) is 11.4. The van der Waals surface area contributed by atoms with Crippen LogP contribution < -0.4 is 4.74 Å². The average Bonchev–Trinajstić information content (AvgIpc) is 2.86. The van der Waals surface area contributed by atoms with Crippen LogP contribution in [0.1, 0.15) is 16.7 Å². The number of hydrogen-bond acceptors (Lipinski definition) is 3. The van der Waals surface area contributed by atoms with Crippen LogP contribution in [0.3, 0.4) is 0 Å². The lowest BCUT2D eigenvalue weighted by Crippen LogP contribution is -2.19. The predicted octanol–water partition coefficient (Wildman–Crippen LogP) is 7.10. The lowest BCUT2D eigenvalue weighted by atomic mass is 9.98. The highest BCUT2D eigenvalue weighted by Gasteiger charge is 2.29. The maximum Gasteiger partial charge on any atom is 0.422 e. The number of methoxy groups -OCH3 is 1. The minimum Gasteiger partial charge on any atom is -0.481 e. The van der Waals surface area contributed by atoms with Crippen LogP contribution in [-0.4, -0.2) is 31.5 Å². The number of aryl methyl sites for hydroxylation is 2. The first kappa shape index (κ1) is 25.6. The van der Waals surface area contributed by atoms with Crippen molar-refractivity contribution in [2.24, 2.45) is 0 Å². The summed E-state index contributed by atoms with van der Waals surface area (Å²) in [6.07, 6.45) is -1.35. The molecular formula is C28H24F5NO2. The SMILES string of the molecule is COCCc1ccc(-c2ccc3c(F)c(CCc4ccc(OCC(F)(F)F)c(F)c4)ccc3c2)nc1. The second-order valence-electron chi connectivity index (χ2n) is 8.44. The molecule has 0 saturated heterocycles. The lowest BCUT2D eigenvalue weighted by molar-refractivity contribution is -0.153. The van der Waals surface area contributed by atoms with Crippen molar-refractivity contribution in [3.63, 3.8) is 0 Å². The molecule has 0 N–H and O–H groups in total. The van der Waals surface area contributed by atoms with E-state index < -0.39 is 24.3 Å². The summed E-state index contributed by atoms with van der Waals surface area (Å²) < 4.78 is 75.7. The van der Waals surface area contributed by atoms with E-state index in [9.17, 15) is 17.6 Å². The Bertz CT molecular complexity index is 1340. The van der Waals surface area contributed by atoms with Crippen molar-refractivity contribution in [2.45, 2.75) is 25.4 Å². The van der Waals surface area contributed by atoms with Gasteiger partial charge in [-0.15, -0.1) is 0 Å². The van der Waals surface area contributed by atoms with Crippen LogP contribution in [0, 0.1) is 11.6 Å². The van der Waals surface area contributed by atoms with Gasteiger partial charge in [0, 0.05) is 24.3 Å². The monoisotopic (exact) mass is 501 g/mol. The van der Waals surface area contributed by atoms with Crippen LogP contribution >= 0.6 is 0 Å². The Kier molecular flexibility index (Phi) is 7.84. The predicted molar refractivity (Wildman–Crippen MR) is 128 cm³/mol. The van der Waals surface area contributed by atoms with Gasteiger partial charge in [0.15, 0.2) is 18.2 Å². The van der Waals surface area contributed by atoms with Crippen molar-refractivity contribution in [3.05, 3.63) is 95.2 Å². The zero-order valence-corrected chi connectivity index (χ0v) is 19.5. The Hall–Kier alpha value is -3.52. The van der Waals surface area contributed by atoms with E-state index in [4.69, 9.17) is 4.74 Å². The molecule has 0 aliphatic carbocycles. The number of fused-ring (bicyclic) bond motifs is 1. The number of aromatic nitrogens is 1. The van der Waals surface area contributed by atoms with Gasteiger partial charge in [-0.05, 0) is 65.6 Å². The van der Waals surface area contributed by atoms with E-state index in [1.54, 1.807) is 25.4 Å². The maximum absolute atomic E-state index is 15.2.